The third-order valence-corrected chi connectivity index (χ3v) is 3.84. The Hall–Kier alpha value is -1.35. The maximum absolute atomic E-state index is 11.5. The van der Waals surface area contributed by atoms with Crippen LogP contribution in [0.1, 0.15) is 37.2 Å². The van der Waals surface area contributed by atoms with E-state index in [0.29, 0.717) is 6.42 Å². The van der Waals surface area contributed by atoms with Gasteiger partial charge in [-0.05, 0) is 24.3 Å². The lowest BCUT2D eigenvalue weighted by Gasteiger charge is -2.35. The Kier molecular flexibility index (Phi) is 4.37. The van der Waals surface area contributed by atoms with Crippen molar-refractivity contribution in [1.82, 2.24) is 0 Å². The zero-order valence-corrected chi connectivity index (χ0v) is 10.7. The van der Waals surface area contributed by atoms with Crippen molar-refractivity contribution in [3.05, 3.63) is 35.9 Å². The van der Waals surface area contributed by atoms with Crippen LogP contribution in [-0.4, -0.2) is 24.3 Å². The highest BCUT2D eigenvalue weighted by atomic mass is 16.5. The summed E-state index contributed by atoms with van der Waals surface area (Å²) in [6, 6.07) is 9.98. The standard InChI is InChI=1S/C15H20O3/c1-18-14(17)10-12-8-5-9-13(16)15(12)11-6-3-2-4-7-11/h2-4,6-7,12-13,15-16H,5,8-10H2,1H3. The molecule has 1 aliphatic rings. The van der Waals surface area contributed by atoms with Crippen LogP contribution in [0.3, 0.4) is 0 Å². The molecule has 1 aliphatic carbocycles. The van der Waals surface area contributed by atoms with Crippen LogP contribution in [0.4, 0.5) is 0 Å². The molecule has 3 unspecified atom stereocenters. The first-order valence-electron chi connectivity index (χ1n) is 6.52. The van der Waals surface area contributed by atoms with Gasteiger partial charge in [0.05, 0.1) is 13.2 Å². The number of aliphatic hydroxyl groups is 1. The third-order valence-electron chi connectivity index (χ3n) is 3.84. The van der Waals surface area contributed by atoms with Gasteiger partial charge in [0.2, 0.25) is 0 Å². The third kappa shape index (κ3) is 2.91. The van der Waals surface area contributed by atoms with Crippen molar-refractivity contribution < 1.29 is 14.6 Å². The molecule has 0 aliphatic heterocycles. The first kappa shape index (κ1) is 13.1. The molecule has 98 valence electrons. The number of esters is 1. The van der Waals surface area contributed by atoms with E-state index in [4.69, 9.17) is 4.74 Å². The van der Waals surface area contributed by atoms with Crippen molar-refractivity contribution in [2.75, 3.05) is 7.11 Å². The van der Waals surface area contributed by atoms with Crippen molar-refractivity contribution in [3.8, 4) is 0 Å². The smallest absolute Gasteiger partial charge is 0.305 e. The van der Waals surface area contributed by atoms with Crippen LogP contribution in [0.25, 0.3) is 0 Å². The number of carbonyl (C=O) groups excluding carboxylic acids is 1. The fourth-order valence-corrected chi connectivity index (χ4v) is 2.96. The summed E-state index contributed by atoms with van der Waals surface area (Å²) in [5.41, 5.74) is 1.12. The van der Waals surface area contributed by atoms with Crippen LogP contribution < -0.4 is 0 Å². The van der Waals surface area contributed by atoms with E-state index < -0.39 is 0 Å². The molecule has 3 heteroatoms. The molecule has 1 aromatic carbocycles. The quantitative estimate of drug-likeness (QED) is 0.836. The zero-order valence-electron chi connectivity index (χ0n) is 10.7. The highest BCUT2D eigenvalue weighted by Crippen LogP contribution is 2.39. The van der Waals surface area contributed by atoms with Crippen LogP contribution in [0.15, 0.2) is 30.3 Å². The molecule has 3 atom stereocenters. The Labute approximate surface area is 108 Å². The van der Waals surface area contributed by atoms with Crippen molar-refractivity contribution in [1.29, 1.82) is 0 Å². The first-order valence-corrected chi connectivity index (χ1v) is 6.52. The Morgan fingerprint density at radius 1 is 1.33 bits per heavy atom. The minimum Gasteiger partial charge on any atom is -0.469 e. The summed E-state index contributed by atoms with van der Waals surface area (Å²) in [7, 11) is 1.42. The topological polar surface area (TPSA) is 46.5 Å². The normalized spacial score (nSPS) is 27.8. The molecule has 3 nitrogen and oxygen atoms in total. The largest absolute Gasteiger partial charge is 0.469 e. The Bertz CT molecular complexity index is 388. The number of benzene rings is 1. The van der Waals surface area contributed by atoms with Crippen LogP contribution in [-0.2, 0) is 9.53 Å². The lowest BCUT2D eigenvalue weighted by Crippen LogP contribution is -2.32. The molecule has 0 radical (unpaired) electrons. The molecular weight excluding hydrogens is 228 g/mol. The van der Waals surface area contributed by atoms with Gasteiger partial charge < -0.3 is 9.84 Å². The fraction of sp³-hybridized carbons (Fsp3) is 0.533. The van der Waals surface area contributed by atoms with E-state index in [1.807, 2.05) is 30.3 Å². The van der Waals surface area contributed by atoms with Gasteiger partial charge in [0.15, 0.2) is 0 Å². The highest BCUT2D eigenvalue weighted by molar-refractivity contribution is 5.69. The second-order valence-electron chi connectivity index (χ2n) is 4.98. The summed E-state index contributed by atoms with van der Waals surface area (Å²) in [6.45, 7) is 0. The lowest BCUT2D eigenvalue weighted by molar-refractivity contribution is -0.142. The second-order valence-corrected chi connectivity index (χ2v) is 4.98. The molecule has 0 saturated heterocycles. The SMILES string of the molecule is COC(=O)CC1CCCC(O)C1c1ccccc1. The molecule has 0 bridgehead atoms. The maximum Gasteiger partial charge on any atom is 0.305 e. The van der Waals surface area contributed by atoms with Gasteiger partial charge in [-0.15, -0.1) is 0 Å². The van der Waals surface area contributed by atoms with Crippen LogP contribution in [0.2, 0.25) is 0 Å². The van der Waals surface area contributed by atoms with Gasteiger partial charge in [-0.1, -0.05) is 36.8 Å². The minimum absolute atomic E-state index is 0.0547. The fourth-order valence-electron chi connectivity index (χ4n) is 2.96. The molecule has 0 spiro atoms. The second kappa shape index (κ2) is 6.01. The average molecular weight is 248 g/mol. The van der Waals surface area contributed by atoms with Crippen molar-refractivity contribution >= 4 is 5.97 Å². The first-order chi connectivity index (χ1) is 8.72. The molecule has 1 N–H and O–H groups in total. The Morgan fingerprint density at radius 2 is 2.06 bits per heavy atom. The van der Waals surface area contributed by atoms with Gasteiger partial charge in [-0.25, -0.2) is 0 Å². The summed E-state index contributed by atoms with van der Waals surface area (Å²) in [5.74, 6) is 0.0534. The Morgan fingerprint density at radius 3 is 2.72 bits per heavy atom. The van der Waals surface area contributed by atoms with Crippen LogP contribution in [0, 0.1) is 5.92 Å². The van der Waals surface area contributed by atoms with Crippen molar-refractivity contribution in [2.45, 2.75) is 37.7 Å². The highest BCUT2D eigenvalue weighted by Gasteiger charge is 2.34. The maximum atomic E-state index is 11.5. The molecule has 2 rings (SSSR count). The zero-order chi connectivity index (χ0) is 13.0. The minimum atomic E-state index is -0.351. The lowest BCUT2D eigenvalue weighted by atomic mass is 9.72. The van der Waals surface area contributed by atoms with Crippen LogP contribution in [0.5, 0.6) is 0 Å². The predicted molar refractivity (Wildman–Crippen MR) is 69.2 cm³/mol. The van der Waals surface area contributed by atoms with Crippen molar-refractivity contribution in [2.24, 2.45) is 5.92 Å². The molecular formula is C15H20O3. The monoisotopic (exact) mass is 248 g/mol. The Balaban J connectivity index is 2.18. The number of aliphatic hydroxyl groups excluding tert-OH is 1. The molecule has 0 aromatic heterocycles. The number of methoxy groups -OCH3 is 1. The van der Waals surface area contributed by atoms with Crippen LogP contribution >= 0.6 is 0 Å². The van der Waals surface area contributed by atoms with E-state index in [1.165, 1.54) is 7.11 Å². The van der Waals surface area contributed by atoms with Gasteiger partial charge >= 0.3 is 5.97 Å². The van der Waals surface area contributed by atoms with E-state index in [1.54, 1.807) is 0 Å². The average Bonchev–Trinajstić information content (AvgIpc) is 2.40. The van der Waals surface area contributed by atoms with Gasteiger partial charge in [-0.3, -0.25) is 4.79 Å². The van der Waals surface area contributed by atoms with Gasteiger partial charge in [0.25, 0.3) is 0 Å². The van der Waals surface area contributed by atoms with E-state index in [0.717, 1.165) is 24.8 Å². The molecule has 18 heavy (non-hydrogen) atoms. The molecule has 1 saturated carbocycles. The molecule has 0 amide bonds. The molecule has 0 heterocycles. The summed E-state index contributed by atoms with van der Waals surface area (Å²) in [5, 5.41) is 10.2. The predicted octanol–water partition coefficient (Wildman–Crippen LogP) is 2.49. The number of hydrogen-bond acceptors (Lipinski definition) is 3. The summed E-state index contributed by atoms with van der Waals surface area (Å²) < 4.78 is 4.75. The summed E-state index contributed by atoms with van der Waals surface area (Å²) in [4.78, 5) is 11.5. The molecule has 1 fully saturated rings. The number of hydrogen-bond donors (Lipinski definition) is 1. The summed E-state index contributed by atoms with van der Waals surface area (Å²) in [6.07, 6.45) is 2.82. The van der Waals surface area contributed by atoms with Gasteiger partial charge in [0, 0.05) is 12.3 Å². The van der Waals surface area contributed by atoms with Crippen molar-refractivity contribution in [3.63, 3.8) is 0 Å². The van der Waals surface area contributed by atoms with Gasteiger partial charge in [0.1, 0.15) is 0 Å². The van der Waals surface area contributed by atoms with Gasteiger partial charge in [-0.2, -0.15) is 0 Å². The number of carbonyl (C=O) groups is 1. The van der Waals surface area contributed by atoms with E-state index in [2.05, 4.69) is 0 Å². The molecule has 1 aromatic rings. The van der Waals surface area contributed by atoms with E-state index >= 15 is 0 Å². The van der Waals surface area contributed by atoms with E-state index in [-0.39, 0.29) is 23.9 Å². The summed E-state index contributed by atoms with van der Waals surface area (Å²) >= 11 is 0. The van der Waals surface area contributed by atoms with E-state index in [9.17, 15) is 9.90 Å². The number of rotatable bonds is 3. The number of ether oxygens (including phenoxy) is 1.